The van der Waals surface area contributed by atoms with Crippen molar-refractivity contribution >= 4 is 11.9 Å². The maximum Gasteiger partial charge on any atom is 0.339 e. The fourth-order valence-electron chi connectivity index (χ4n) is 5.90. The number of hydrogen-bond donors (Lipinski definition) is 0. The van der Waals surface area contributed by atoms with Gasteiger partial charge in [0.2, 0.25) is 0 Å². The Hall–Kier alpha value is -2.62. The van der Waals surface area contributed by atoms with E-state index in [0.29, 0.717) is 11.1 Å². The molecule has 0 spiro atoms. The molecule has 0 aliphatic heterocycles. The van der Waals surface area contributed by atoms with Gasteiger partial charge in [0.25, 0.3) is 0 Å². The highest BCUT2D eigenvalue weighted by molar-refractivity contribution is 6.06. The molecule has 0 atom stereocenters. The Bertz CT molecular complexity index is 1010. The molecule has 0 N–H and O–H groups in total. The van der Waals surface area contributed by atoms with Crippen molar-refractivity contribution in [3.8, 4) is 0 Å². The molecule has 0 heterocycles. The van der Waals surface area contributed by atoms with Crippen LogP contribution in [0.25, 0.3) is 0 Å². The van der Waals surface area contributed by atoms with Crippen molar-refractivity contribution in [2.24, 2.45) is 0 Å². The predicted octanol–water partition coefficient (Wildman–Crippen LogP) is 5.62. The summed E-state index contributed by atoms with van der Waals surface area (Å²) in [4.78, 5) is 25.5. The van der Waals surface area contributed by atoms with Crippen molar-refractivity contribution in [1.82, 2.24) is 0 Å². The first kappa shape index (κ1) is 24.0. The van der Waals surface area contributed by atoms with Gasteiger partial charge in [0.15, 0.2) is 0 Å². The van der Waals surface area contributed by atoms with E-state index in [9.17, 15) is 9.59 Å². The van der Waals surface area contributed by atoms with Gasteiger partial charge >= 0.3 is 11.9 Å². The molecule has 0 saturated carbocycles. The molecule has 0 radical (unpaired) electrons. The molecule has 0 aromatic heterocycles. The third-order valence-corrected chi connectivity index (χ3v) is 7.36. The van der Waals surface area contributed by atoms with Gasteiger partial charge in [0, 0.05) is 0 Å². The van der Waals surface area contributed by atoms with Crippen LogP contribution in [0.4, 0.5) is 0 Å². The van der Waals surface area contributed by atoms with Crippen LogP contribution in [0.15, 0.2) is 0 Å². The minimum absolute atomic E-state index is 0.341. The molecule has 4 nitrogen and oxygen atoms in total. The first-order valence-corrected chi connectivity index (χ1v) is 11.8. The smallest absolute Gasteiger partial charge is 0.339 e. The lowest BCUT2D eigenvalue weighted by Crippen LogP contribution is -2.24. The Kier molecular flexibility index (Phi) is 7.12. The Morgan fingerprint density at radius 1 is 0.594 bits per heavy atom. The highest BCUT2D eigenvalue weighted by Crippen LogP contribution is 2.41. The van der Waals surface area contributed by atoms with E-state index in [1.54, 1.807) is 0 Å². The summed E-state index contributed by atoms with van der Waals surface area (Å²) in [5.41, 5.74) is 13.5. The average Bonchev–Trinajstić information content (AvgIpc) is 2.82. The van der Waals surface area contributed by atoms with Gasteiger partial charge in [-0.2, -0.15) is 0 Å². The van der Waals surface area contributed by atoms with E-state index >= 15 is 0 Å². The van der Waals surface area contributed by atoms with E-state index < -0.39 is 11.9 Å². The van der Waals surface area contributed by atoms with Gasteiger partial charge in [-0.25, -0.2) is 9.59 Å². The fourth-order valence-corrected chi connectivity index (χ4v) is 5.90. The van der Waals surface area contributed by atoms with Gasteiger partial charge in [0.05, 0.1) is 25.3 Å². The maximum atomic E-state index is 12.7. The zero-order chi connectivity index (χ0) is 23.7. The molecule has 2 aromatic rings. The summed E-state index contributed by atoms with van der Waals surface area (Å²) < 4.78 is 10.1. The molecule has 4 heteroatoms. The lowest BCUT2D eigenvalue weighted by molar-refractivity contribution is 0.0553. The predicted molar refractivity (Wildman–Crippen MR) is 128 cm³/mol. The van der Waals surface area contributed by atoms with Crippen LogP contribution in [0.2, 0.25) is 0 Å². The van der Waals surface area contributed by atoms with Crippen LogP contribution in [-0.2, 0) is 48.0 Å². The SMILES string of the molecule is CCc1c(CC)c(CC)c2c(c1CC)Cc1c(C)c(C(=O)OC)c(C(=O)OC)c(C)c1C2. The number of carbonyl (C=O) groups is 2. The molecule has 1 aliphatic carbocycles. The first-order valence-electron chi connectivity index (χ1n) is 11.8. The summed E-state index contributed by atoms with van der Waals surface area (Å²) in [7, 11) is 2.71. The minimum Gasteiger partial charge on any atom is -0.465 e. The molecule has 2 aromatic carbocycles. The Labute approximate surface area is 192 Å². The third-order valence-electron chi connectivity index (χ3n) is 7.36. The van der Waals surface area contributed by atoms with Crippen LogP contribution >= 0.6 is 0 Å². The minimum atomic E-state index is -0.486. The number of hydrogen-bond acceptors (Lipinski definition) is 4. The van der Waals surface area contributed by atoms with Gasteiger partial charge < -0.3 is 9.47 Å². The molecular formula is C28H36O4. The summed E-state index contributed by atoms with van der Waals surface area (Å²) in [6.07, 6.45) is 5.64. The second kappa shape index (κ2) is 9.48. The van der Waals surface area contributed by atoms with E-state index in [2.05, 4.69) is 27.7 Å². The van der Waals surface area contributed by atoms with Gasteiger partial charge in [-0.15, -0.1) is 0 Å². The van der Waals surface area contributed by atoms with Crippen LogP contribution in [0.5, 0.6) is 0 Å². The molecule has 172 valence electrons. The van der Waals surface area contributed by atoms with E-state index in [-0.39, 0.29) is 0 Å². The lowest BCUT2D eigenvalue weighted by atomic mass is 9.72. The monoisotopic (exact) mass is 436 g/mol. The van der Waals surface area contributed by atoms with Gasteiger partial charge in [0.1, 0.15) is 0 Å². The van der Waals surface area contributed by atoms with Crippen LogP contribution in [0.1, 0.15) is 104 Å². The van der Waals surface area contributed by atoms with Crippen molar-refractivity contribution in [3.05, 3.63) is 66.8 Å². The summed E-state index contributed by atoms with van der Waals surface area (Å²) in [5.74, 6) is -0.972. The van der Waals surface area contributed by atoms with Crippen molar-refractivity contribution < 1.29 is 19.1 Å². The zero-order valence-electron chi connectivity index (χ0n) is 20.9. The van der Waals surface area contributed by atoms with Crippen LogP contribution < -0.4 is 0 Å². The molecule has 1 aliphatic rings. The number of benzene rings is 2. The van der Waals surface area contributed by atoms with Crippen LogP contribution in [-0.4, -0.2) is 26.2 Å². The van der Waals surface area contributed by atoms with Crippen molar-refractivity contribution in [2.45, 2.75) is 80.1 Å². The average molecular weight is 437 g/mol. The molecule has 32 heavy (non-hydrogen) atoms. The third kappa shape index (κ3) is 3.54. The van der Waals surface area contributed by atoms with Gasteiger partial charge in [-0.1, -0.05) is 27.7 Å². The van der Waals surface area contributed by atoms with Crippen LogP contribution in [0, 0.1) is 13.8 Å². The largest absolute Gasteiger partial charge is 0.465 e. The number of rotatable bonds is 6. The number of esters is 2. The van der Waals surface area contributed by atoms with E-state index in [0.717, 1.165) is 60.8 Å². The number of ether oxygens (including phenoxy) is 2. The number of methoxy groups -OCH3 is 2. The fraction of sp³-hybridized carbons (Fsp3) is 0.500. The normalized spacial score (nSPS) is 12.2. The topological polar surface area (TPSA) is 52.6 Å². The summed E-state index contributed by atoms with van der Waals surface area (Å²) in [6.45, 7) is 12.9. The first-order chi connectivity index (χ1) is 15.3. The summed E-state index contributed by atoms with van der Waals surface area (Å²) in [5, 5.41) is 0. The molecule has 0 bridgehead atoms. The summed E-state index contributed by atoms with van der Waals surface area (Å²) in [6, 6.07) is 0. The van der Waals surface area contributed by atoms with Crippen molar-refractivity contribution in [3.63, 3.8) is 0 Å². The molecule has 0 fully saturated rings. The molecule has 0 amide bonds. The second-order valence-electron chi connectivity index (χ2n) is 8.58. The molecule has 3 rings (SSSR count). The zero-order valence-corrected chi connectivity index (χ0v) is 20.9. The Morgan fingerprint density at radius 2 is 0.906 bits per heavy atom. The Morgan fingerprint density at radius 3 is 1.16 bits per heavy atom. The van der Waals surface area contributed by atoms with Crippen molar-refractivity contribution in [1.29, 1.82) is 0 Å². The van der Waals surface area contributed by atoms with E-state index in [1.165, 1.54) is 47.6 Å². The molecule has 0 unspecified atom stereocenters. The maximum absolute atomic E-state index is 12.7. The molecule has 0 saturated heterocycles. The van der Waals surface area contributed by atoms with E-state index in [4.69, 9.17) is 9.47 Å². The highest BCUT2D eigenvalue weighted by Gasteiger charge is 2.33. The van der Waals surface area contributed by atoms with Crippen molar-refractivity contribution in [2.75, 3.05) is 14.2 Å². The lowest BCUT2D eigenvalue weighted by Gasteiger charge is -2.32. The van der Waals surface area contributed by atoms with Gasteiger partial charge in [-0.05, 0) is 108 Å². The standard InChI is InChI=1S/C28H36O4/c1-9-17-18(10-2)20(12-4)24-14-22-16(6)26(28(30)32-8)25(27(29)31-7)15(5)21(22)13-23(24)19(17)11-3/h9-14H2,1-8H3. The molecular weight excluding hydrogens is 400 g/mol. The second-order valence-corrected chi connectivity index (χ2v) is 8.58. The quantitative estimate of drug-likeness (QED) is 0.471. The number of fused-ring (bicyclic) bond motifs is 2. The summed E-state index contributed by atoms with van der Waals surface area (Å²) >= 11 is 0. The number of carbonyl (C=O) groups excluding carboxylic acids is 2. The highest BCUT2D eigenvalue weighted by atomic mass is 16.5. The van der Waals surface area contributed by atoms with Crippen LogP contribution in [0.3, 0.4) is 0 Å². The van der Waals surface area contributed by atoms with E-state index in [1.807, 2.05) is 13.8 Å². The Balaban J connectivity index is 2.40. The van der Waals surface area contributed by atoms with Gasteiger partial charge in [-0.3, -0.25) is 0 Å².